The van der Waals surface area contributed by atoms with Crippen LogP contribution in [-0.2, 0) is 6.54 Å². The van der Waals surface area contributed by atoms with Crippen LogP contribution in [0.4, 0.5) is 0 Å². The summed E-state index contributed by atoms with van der Waals surface area (Å²) in [6, 6.07) is 5.66. The van der Waals surface area contributed by atoms with Crippen LogP contribution in [0.2, 0.25) is 0 Å². The Hall–Kier alpha value is -1.13. The summed E-state index contributed by atoms with van der Waals surface area (Å²) in [5.74, 6) is 0.615. The lowest BCUT2D eigenvalue weighted by Gasteiger charge is -2.22. The van der Waals surface area contributed by atoms with Gasteiger partial charge in [-0.2, -0.15) is 0 Å². The van der Waals surface area contributed by atoms with E-state index in [-0.39, 0.29) is 0 Å². The standard InChI is InChI=1S/C13H22N2O2/c1-4-8-13(2,16)10-14-9-11-6-5-7-12(15-11)17-3/h5-7,14,16H,4,8-10H2,1-3H3. The van der Waals surface area contributed by atoms with Crippen LogP contribution < -0.4 is 10.1 Å². The Morgan fingerprint density at radius 3 is 2.88 bits per heavy atom. The molecule has 4 nitrogen and oxygen atoms in total. The second-order valence-corrected chi connectivity index (χ2v) is 4.52. The van der Waals surface area contributed by atoms with Gasteiger partial charge in [0.05, 0.1) is 18.4 Å². The highest BCUT2D eigenvalue weighted by atomic mass is 16.5. The predicted octanol–water partition coefficient (Wildman–Crippen LogP) is 1.73. The van der Waals surface area contributed by atoms with E-state index in [9.17, 15) is 5.11 Å². The van der Waals surface area contributed by atoms with Crippen molar-refractivity contribution in [2.24, 2.45) is 0 Å². The molecule has 0 bridgehead atoms. The van der Waals surface area contributed by atoms with Crippen molar-refractivity contribution in [1.82, 2.24) is 10.3 Å². The van der Waals surface area contributed by atoms with Crippen LogP contribution >= 0.6 is 0 Å². The topological polar surface area (TPSA) is 54.4 Å². The number of rotatable bonds is 7. The quantitative estimate of drug-likeness (QED) is 0.759. The van der Waals surface area contributed by atoms with Crippen molar-refractivity contribution in [3.63, 3.8) is 0 Å². The molecule has 2 N–H and O–H groups in total. The summed E-state index contributed by atoms with van der Waals surface area (Å²) in [4.78, 5) is 4.29. The van der Waals surface area contributed by atoms with Crippen LogP contribution in [0.15, 0.2) is 18.2 Å². The molecule has 1 heterocycles. The first-order valence-electron chi connectivity index (χ1n) is 6.00. The summed E-state index contributed by atoms with van der Waals surface area (Å²) in [5, 5.41) is 13.2. The largest absolute Gasteiger partial charge is 0.481 e. The SMILES string of the molecule is CCCC(C)(O)CNCc1cccc(OC)n1. The number of ether oxygens (including phenoxy) is 1. The maximum atomic E-state index is 9.99. The third-order valence-electron chi connectivity index (χ3n) is 2.59. The highest BCUT2D eigenvalue weighted by Crippen LogP contribution is 2.11. The van der Waals surface area contributed by atoms with Crippen LogP contribution in [-0.4, -0.2) is 29.3 Å². The summed E-state index contributed by atoms with van der Waals surface area (Å²) in [5.41, 5.74) is 0.268. The van der Waals surface area contributed by atoms with Crippen molar-refractivity contribution in [2.75, 3.05) is 13.7 Å². The highest BCUT2D eigenvalue weighted by molar-refractivity contribution is 5.15. The fraction of sp³-hybridized carbons (Fsp3) is 0.615. The fourth-order valence-corrected chi connectivity index (χ4v) is 1.76. The van der Waals surface area contributed by atoms with E-state index in [1.165, 1.54) is 0 Å². The first-order valence-corrected chi connectivity index (χ1v) is 6.00. The van der Waals surface area contributed by atoms with Crippen molar-refractivity contribution in [1.29, 1.82) is 0 Å². The average Bonchev–Trinajstić information content (AvgIpc) is 2.29. The van der Waals surface area contributed by atoms with Crippen molar-refractivity contribution in [2.45, 2.75) is 38.8 Å². The Labute approximate surface area is 103 Å². The molecule has 0 saturated carbocycles. The highest BCUT2D eigenvalue weighted by Gasteiger charge is 2.17. The summed E-state index contributed by atoms with van der Waals surface area (Å²) in [6.45, 7) is 5.12. The average molecular weight is 238 g/mol. The van der Waals surface area contributed by atoms with Gasteiger partial charge in [-0.1, -0.05) is 19.4 Å². The van der Waals surface area contributed by atoms with Crippen molar-refractivity contribution >= 4 is 0 Å². The van der Waals surface area contributed by atoms with Gasteiger partial charge >= 0.3 is 0 Å². The number of nitrogens with one attached hydrogen (secondary N) is 1. The molecular formula is C13H22N2O2. The van der Waals surface area contributed by atoms with Crippen LogP contribution in [0.3, 0.4) is 0 Å². The van der Waals surface area contributed by atoms with Crippen molar-refractivity contribution in [3.8, 4) is 5.88 Å². The zero-order chi connectivity index (χ0) is 12.7. The molecule has 1 aromatic rings. The van der Waals surface area contributed by atoms with E-state index in [0.29, 0.717) is 19.0 Å². The van der Waals surface area contributed by atoms with Gasteiger partial charge in [-0.3, -0.25) is 0 Å². The Bertz CT molecular complexity index is 340. The molecular weight excluding hydrogens is 216 g/mol. The summed E-state index contributed by atoms with van der Waals surface area (Å²) in [7, 11) is 1.60. The van der Waals surface area contributed by atoms with Gasteiger partial charge in [-0.05, 0) is 19.4 Å². The van der Waals surface area contributed by atoms with E-state index in [2.05, 4.69) is 17.2 Å². The molecule has 96 valence electrons. The van der Waals surface area contributed by atoms with Gasteiger partial charge in [0, 0.05) is 19.2 Å². The normalized spacial score (nSPS) is 14.4. The van der Waals surface area contributed by atoms with E-state index >= 15 is 0 Å². The van der Waals surface area contributed by atoms with E-state index in [4.69, 9.17) is 4.74 Å². The fourth-order valence-electron chi connectivity index (χ4n) is 1.76. The minimum atomic E-state index is -0.645. The molecule has 0 aromatic carbocycles. The van der Waals surface area contributed by atoms with Crippen LogP contribution in [0.25, 0.3) is 0 Å². The lowest BCUT2D eigenvalue weighted by molar-refractivity contribution is 0.0497. The molecule has 4 heteroatoms. The van der Waals surface area contributed by atoms with Gasteiger partial charge < -0.3 is 15.2 Å². The molecule has 1 atom stereocenters. The van der Waals surface area contributed by atoms with E-state index in [0.717, 1.165) is 18.5 Å². The van der Waals surface area contributed by atoms with Crippen LogP contribution in [0, 0.1) is 0 Å². The molecule has 0 aliphatic carbocycles. The Morgan fingerprint density at radius 2 is 2.24 bits per heavy atom. The van der Waals surface area contributed by atoms with E-state index in [1.807, 2.05) is 25.1 Å². The number of hydrogen-bond acceptors (Lipinski definition) is 4. The molecule has 1 aromatic heterocycles. The lowest BCUT2D eigenvalue weighted by Crippen LogP contribution is -2.37. The molecule has 1 unspecified atom stereocenters. The molecule has 0 aliphatic rings. The minimum absolute atomic E-state index is 0.569. The molecule has 0 aliphatic heterocycles. The number of aromatic nitrogens is 1. The first-order chi connectivity index (χ1) is 8.07. The molecule has 0 amide bonds. The third-order valence-corrected chi connectivity index (χ3v) is 2.59. The van der Waals surface area contributed by atoms with Gasteiger partial charge in [0.1, 0.15) is 0 Å². The number of hydrogen-bond donors (Lipinski definition) is 2. The van der Waals surface area contributed by atoms with Gasteiger partial charge in [-0.25, -0.2) is 4.98 Å². The summed E-state index contributed by atoms with van der Waals surface area (Å²) in [6.07, 6.45) is 1.78. The van der Waals surface area contributed by atoms with E-state index in [1.54, 1.807) is 7.11 Å². The molecule has 0 radical (unpaired) electrons. The van der Waals surface area contributed by atoms with Gasteiger partial charge in [0.25, 0.3) is 0 Å². The molecule has 1 rings (SSSR count). The predicted molar refractivity (Wildman–Crippen MR) is 68.0 cm³/mol. The molecule has 17 heavy (non-hydrogen) atoms. The van der Waals surface area contributed by atoms with E-state index < -0.39 is 5.60 Å². The van der Waals surface area contributed by atoms with Crippen LogP contribution in [0.5, 0.6) is 5.88 Å². The maximum Gasteiger partial charge on any atom is 0.213 e. The zero-order valence-electron chi connectivity index (χ0n) is 10.9. The second kappa shape index (κ2) is 6.57. The Morgan fingerprint density at radius 1 is 1.47 bits per heavy atom. The molecule has 0 fully saturated rings. The number of nitrogens with zero attached hydrogens (tertiary/aromatic N) is 1. The molecule has 0 saturated heterocycles. The minimum Gasteiger partial charge on any atom is -0.481 e. The van der Waals surface area contributed by atoms with Crippen LogP contribution in [0.1, 0.15) is 32.4 Å². The number of aliphatic hydroxyl groups is 1. The third kappa shape index (κ3) is 5.15. The monoisotopic (exact) mass is 238 g/mol. The smallest absolute Gasteiger partial charge is 0.213 e. The Balaban J connectivity index is 2.40. The summed E-state index contributed by atoms with van der Waals surface area (Å²) < 4.78 is 5.05. The van der Waals surface area contributed by atoms with Crippen molar-refractivity contribution < 1.29 is 9.84 Å². The van der Waals surface area contributed by atoms with Crippen molar-refractivity contribution in [3.05, 3.63) is 23.9 Å². The van der Waals surface area contributed by atoms with Gasteiger partial charge in [-0.15, -0.1) is 0 Å². The number of methoxy groups -OCH3 is 1. The van der Waals surface area contributed by atoms with Gasteiger partial charge in [0.15, 0.2) is 0 Å². The Kier molecular flexibility index (Phi) is 5.38. The van der Waals surface area contributed by atoms with Gasteiger partial charge in [0.2, 0.25) is 5.88 Å². The lowest BCUT2D eigenvalue weighted by atomic mass is 10.0. The number of pyridine rings is 1. The summed E-state index contributed by atoms with van der Waals surface area (Å²) >= 11 is 0. The first kappa shape index (κ1) is 13.9. The zero-order valence-corrected chi connectivity index (χ0v) is 10.9. The second-order valence-electron chi connectivity index (χ2n) is 4.52. The maximum absolute atomic E-state index is 9.99. The molecule has 0 spiro atoms.